The number of pyridine rings is 1. The highest BCUT2D eigenvalue weighted by Crippen LogP contribution is 2.28. The summed E-state index contributed by atoms with van der Waals surface area (Å²) in [5, 5.41) is 18.9. The van der Waals surface area contributed by atoms with Gasteiger partial charge >= 0.3 is 5.00 Å². The molecule has 0 bridgehead atoms. The Morgan fingerprint density at radius 3 is 2.62 bits per heavy atom. The standard InChI is InChI=1S/C22H14ClN7O3S/c23-17-8-6-14(10-24-17)19-26-20(28-22(31)16-7-9-18(34-16)30(32)33)15-11-25-29(21(15)27-19)12-13-4-2-1-3-5-13/h1-11H,12H2,(H,26,27,28,31). The second kappa shape index (κ2) is 8.96. The fourth-order valence-corrected chi connectivity index (χ4v) is 4.10. The molecule has 1 aromatic carbocycles. The van der Waals surface area contributed by atoms with Crippen LogP contribution in [0.2, 0.25) is 5.15 Å². The van der Waals surface area contributed by atoms with Gasteiger partial charge in [-0.25, -0.2) is 19.6 Å². The number of thiophene rings is 1. The van der Waals surface area contributed by atoms with Gasteiger partial charge in [0, 0.05) is 17.8 Å². The van der Waals surface area contributed by atoms with Crippen LogP contribution in [0.25, 0.3) is 22.4 Å². The Bertz CT molecular complexity index is 1520. The van der Waals surface area contributed by atoms with Crippen LogP contribution in [0.5, 0.6) is 0 Å². The number of carbonyl (C=O) groups is 1. The molecule has 0 aliphatic heterocycles. The molecule has 0 radical (unpaired) electrons. The van der Waals surface area contributed by atoms with Gasteiger partial charge in [-0.15, -0.1) is 0 Å². The van der Waals surface area contributed by atoms with Crippen molar-refractivity contribution in [3.8, 4) is 11.4 Å². The van der Waals surface area contributed by atoms with E-state index >= 15 is 0 Å². The van der Waals surface area contributed by atoms with Crippen LogP contribution in [0.4, 0.5) is 10.8 Å². The number of nitrogens with one attached hydrogen (secondary N) is 1. The molecule has 0 spiro atoms. The Morgan fingerprint density at radius 1 is 1.09 bits per heavy atom. The molecule has 12 heteroatoms. The van der Waals surface area contributed by atoms with E-state index in [2.05, 4.69) is 25.4 Å². The van der Waals surface area contributed by atoms with Crippen LogP contribution in [0.3, 0.4) is 0 Å². The Labute approximate surface area is 201 Å². The Balaban J connectivity index is 1.58. The van der Waals surface area contributed by atoms with E-state index < -0.39 is 10.8 Å². The third kappa shape index (κ3) is 4.34. The van der Waals surface area contributed by atoms with Gasteiger partial charge in [0.2, 0.25) is 0 Å². The smallest absolute Gasteiger partial charge is 0.305 e. The second-order valence-corrected chi connectivity index (χ2v) is 8.59. The summed E-state index contributed by atoms with van der Waals surface area (Å²) in [5.74, 6) is 0.0309. The van der Waals surface area contributed by atoms with Crippen molar-refractivity contribution in [1.82, 2.24) is 24.7 Å². The van der Waals surface area contributed by atoms with Gasteiger partial charge < -0.3 is 5.32 Å². The molecular formula is C22H14ClN7O3S. The van der Waals surface area contributed by atoms with Gasteiger partial charge in [0.15, 0.2) is 11.5 Å². The number of hydrogen-bond acceptors (Lipinski definition) is 8. The number of amides is 1. The molecule has 168 valence electrons. The third-order valence-electron chi connectivity index (χ3n) is 4.88. The lowest BCUT2D eigenvalue weighted by Crippen LogP contribution is -2.13. The maximum Gasteiger partial charge on any atom is 0.324 e. The van der Waals surface area contributed by atoms with Gasteiger partial charge in [0.1, 0.15) is 11.0 Å². The van der Waals surface area contributed by atoms with E-state index in [4.69, 9.17) is 11.6 Å². The lowest BCUT2D eigenvalue weighted by Gasteiger charge is -2.09. The number of rotatable bonds is 6. The summed E-state index contributed by atoms with van der Waals surface area (Å²) in [6, 6.07) is 15.8. The second-order valence-electron chi connectivity index (χ2n) is 7.14. The maximum absolute atomic E-state index is 12.8. The number of halogens is 1. The highest BCUT2D eigenvalue weighted by molar-refractivity contribution is 7.17. The molecule has 5 rings (SSSR count). The minimum Gasteiger partial charge on any atom is -0.305 e. The molecule has 0 aliphatic rings. The molecule has 4 heterocycles. The van der Waals surface area contributed by atoms with Crippen LogP contribution in [0, 0.1) is 10.1 Å². The van der Waals surface area contributed by atoms with Crippen molar-refractivity contribution < 1.29 is 9.72 Å². The third-order valence-corrected chi connectivity index (χ3v) is 6.14. The predicted molar refractivity (Wildman–Crippen MR) is 128 cm³/mol. The normalized spacial score (nSPS) is 11.0. The molecule has 1 N–H and O–H groups in total. The van der Waals surface area contributed by atoms with Gasteiger partial charge in [0.05, 0.1) is 27.9 Å². The summed E-state index contributed by atoms with van der Waals surface area (Å²) in [7, 11) is 0. The van der Waals surface area contributed by atoms with E-state index in [-0.39, 0.29) is 15.7 Å². The molecule has 5 aromatic rings. The van der Waals surface area contributed by atoms with E-state index in [1.165, 1.54) is 18.3 Å². The topological polar surface area (TPSA) is 129 Å². The van der Waals surface area contributed by atoms with Crippen molar-refractivity contribution in [2.45, 2.75) is 6.54 Å². The predicted octanol–water partition coefficient (Wildman–Crippen LogP) is 4.81. The van der Waals surface area contributed by atoms with Crippen molar-refractivity contribution in [1.29, 1.82) is 0 Å². The number of nitro groups is 1. The van der Waals surface area contributed by atoms with Crippen LogP contribution < -0.4 is 5.32 Å². The molecule has 0 saturated heterocycles. The van der Waals surface area contributed by atoms with E-state index in [9.17, 15) is 14.9 Å². The van der Waals surface area contributed by atoms with Gasteiger partial charge in [-0.3, -0.25) is 14.9 Å². The minimum atomic E-state index is -0.538. The zero-order chi connectivity index (χ0) is 23.7. The van der Waals surface area contributed by atoms with Crippen LogP contribution in [0.1, 0.15) is 15.2 Å². The molecular weight excluding hydrogens is 478 g/mol. The number of fused-ring (bicyclic) bond motifs is 1. The Hall–Kier alpha value is -4.22. The van der Waals surface area contributed by atoms with Gasteiger partial charge in [0.25, 0.3) is 5.91 Å². The average Bonchev–Trinajstić information content (AvgIpc) is 3.49. The Morgan fingerprint density at radius 2 is 1.91 bits per heavy atom. The molecule has 10 nitrogen and oxygen atoms in total. The summed E-state index contributed by atoms with van der Waals surface area (Å²) < 4.78 is 1.71. The lowest BCUT2D eigenvalue weighted by molar-refractivity contribution is -0.380. The SMILES string of the molecule is O=C(Nc1nc(-c2ccc(Cl)nc2)nc2c1cnn2Cc1ccccc1)c1ccc([N+](=O)[O-])s1. The number of hydrogen-bond donors (Lipinski definition) is 1. The highest BCUT2D eigenvalue weighted by Gasteiger charge is 2.20. The number of aromatic nitrogens is 5. The van der Waals surface area contributed by atoms with E-state index in [1.54, 1.807) is 23.0 Å². The molecule has 1 amide bonds. The molecule has 0 aliphatic carbocycles. The van der Waals surface area contributed by atoms with Crippen molar-refractivity contribution in [2.75, 3.05) is 5.32 Å². The lowest BCUT2D eigenvalue weighted by atomic mass is 10.2. The quantitative estimate of drug-likeness (QED) is 0.205. The Kier molecular flexibility index (Phi) is 5.70. The molecule has 0 fully saturated rings. The summed E-state index contributed by atoms with van der Waals surface area (Å²) in [6.45, 7) is 0.462. The first-order valence-corrected chi connectivity index (χ1v) is 11.1. The van der Waals surface area contributed by atoms with Crippen molar-refractivity contribution in [3.63, 3.8) is 0 Å². The van der Waals surface area contributed by atoms with E-state index in [0.717, 1.165) is 16.9 Å². The van der Waals surface area contributed by atoms with Crippen LogP contribution >= 0.6 is 22.9 Å². The van der Waals surface area contributed by atoms with Gasteiger partial charge in [-0.2, -0.15) is 5.10 Å². The number of benzene rings is 1. The summed E-state index contributed by atoms with van der Waals surface area (Å²) in [6.07, 6.45) is 3.12. The van der Waals surface area contributed by atoms with Crippen LogP contribution in [-0.2, 0) is 6.54 Å². The fraction of sp³-hybridized carbons (Fsp3) is 0.0455. The molecule has 34 heavy (non-hydrogen) atoms. The molecule has 0 atom stereocenters. The monoisotopic (exact) mass is 491 g/mol. The first-order chi connectivity index (χ1) is 16.5. The van der Waals surface area contributed by atoms with E-state index in [1.807, 2.05) is 30.3 Å². The zero-order valence-corrected chi connectivity index (χ0v) is 18.8. The van der Waals surface area contributed by atoms with Crippen molar-refractivity contribution in [3.05, 3.63) is 92.7 Å². The highest BCUT2D eigenvalue weighted by atomic mass is 35.5. The number of carbonyl (C=O) groups excluding carboxylic acids is 1. The number of nitrogens with zero attached hydrogens (tertiary/aromatic N) is 6. The average molecular weight is 492 g/mol. The summed E-state index contributed by atoms with van der Waals surface area (Å²) in [4.78, 5) is 36.7. The maximum atomic E-state index is 12.8. The first-order valence-electron chi connectivity index (χ1n) is 9.93. The molecule has 4 aromatic heterocycles. The molecule has 0 unspecified atom stereocenters. The fourth-order valence-electron chi connectivity index (χ4n) is 3.28. The van der Waals surface area contributed by atoms with Gasteiger partial charge in [-0.05, 0) is 23.8 Å². The zero-order valence-electron chi connectivity index (χ0n) is 17.3. The van der Waals surface area contributed by atoms with Crippen LogP contribution in [0.15, 0.2) is 67.0 Å². The largest absolute Gasteiger partial charge is 0.324 e. The minimum absolute atomic E-state index is 0.124. The first kappa shape index (κ1) is 21.6. The summed E-state index contributed by atoms with van der Waals surface area (Å²) >= 11 is 6.70. The van der Waals surface area contributed by atoms with Crippen LogP contribution in [-0.4, -0.2) is 35.6 Å². The van der Waals surface area contributed by atoms with Crippen molar-refractivity contribution in [2.24, 2.45) is 0 Å². The summed E-state index contributed by atoms with van der Waals surface area (Å²) in [5.41, 5.74) is 2.13. The van der Waals surface area contributed by atoms with E-state index in [0.29, 0.717) is 34.1 Å². The van der Waals surface area contributed by atoms with Gasteiger partial charge in [-0.1, -0.05) is 53.3 Å². The molecule has 0 saturated carbocycles. The van der Waals surface area contributed by atoms with Crippen molar-refractivity contribution >= 4 is 50.7 Å². The number of anilines is 1.